The van der Waals surface area contributed by atoms with Crippen LogP contribution in [-0.2, 0) is 16.1 Å². The molecule has 0 aliphatic heterocycles. The molecule has 0 aromatic heterocycles. The largest absolute Gasteiger partial charge is 0.331 e. The molecule has 2 aromatic rings. The Kier molecular flexibility index (Phi) is 6.55. The lowest BCUT2D eigenvalue weighted by Gasteiger charge is -2.24. The Morgan fingerprint density at radius 1 is 0.933 bits per heavy atom. The van der Waals surface area contributed by atoms with Crippen molar-refractivity contribution in [3.8, 4) is 0 Å². The first-order valence-corrected chi connectivity index (χ1v) is 10.3. The molecule has 1 fully saturated rings. The Bertz CT molecular complexity index is 912. The highest BCUT2D eigenvalue weighted by Gasteiger charge is 2.33. The summed E-state index contributed by atoms with van der Waals surface area (Å²) in [5.41, 5.74) is 3.75. The zero-order valence-corrected chi connectivity index (χ0v) is 18.0. The molecule has 0 bridgehead atoms. The summed E-state index contributed by atoms with van der Waals surface area (Å²) >= 11 is 0. The van der Waals surface area contributed by atoms with Gasteiger partial charge in [0.15, 0.2) is 0 Å². The van der Waals surface area contributed by atoms with Crippen LogP contribution in [0.3, 0.4) is 0 Å². The molecule has 6 heteroatoms. The van der Waals surface area contributed by atoms with Crippen LogP contribution in [-0.4, -0.2) is 28.7 Å². The normalized spacial score (nSPS) is 13.1. The van der Waals surface area contributed by atoms with Gasteiger partial charge in [-0.1, -0.05) is 38.1 Å². The quantitative estimate of drug-likeness (QED) is 0.708. The minimum atomic E-state index is -0.238. The van der Waals surface area contributed by atoms with E-state index in [-0.39, 0.29) is 23.8 Å². The third-order valence-corrected chi connectivity index (χ3v) is 5.07. The average molecular weight is 408 g/mol. The van der Waals surface area contributed by atoms with E-state index in [0.717, 1.165) is 18.4 Å². The van der Waals surface area contributed by atoms with E-state index in [1.54, 1.807) is 18.2 Å². The van der Waals surface area contributed by atoms with Gasteiger partial charge >= 0.3 is 0 Å². The van der Waals surface area contributed by atoms with Crippen LogP contribution in [0.15, 0.2) is 42.5 Å². The van der Waals surface area contributed by atoms with E-state index in [0.29, 0.717) is 29.4 Å². The highest BCUT2D eigenvalue weighted by atomic mass is 16.2. The van der Waals surface area contributed by atoms with E-state index in [9.17, 15) is 14.4 Å². The molecule has 1 aliphatic carbocycles. The van der Waals surface area contributed by atoms with Crippen LogP contribution in [0.5, 0.6) is 0 Å². The number of rotatable bonds is 7. The molecule has 1 saturated carbocycles. The average Bonchev–Trinajstić information content (AvgIpc) is 3.49. The highest BCUT2D eigenvalue weighted by Crippen LogP contribution is 2.31. The monoisotopic (exact) mass is 407 g/mol. The Morgan fingerprint density at radius 3 is 1.90 bits per heavy atom. The summed E-state index contributed by atoms with van der Waals surface area (Å²) in [6.07, 6.45) is 1.97. The van der Waals surface area contributed by atoms with Crippen molar-refractivity contribution in [1.29, 1.82) is 0 Å². The lowest BCUT2D eigenvalue weighted by Crippen LogP contribution is -2.32. The predicted molar refractivity (Wildman–Crippen MR) is 118 cm³/mol. The Labute approximate surface area is 177 Å². The summed E-state index contributed by atoms with van der Waals surface area (Å²) in [5.74, 6) is -0.122. The maximum atomic E-state index is 13.4. The van der Waals surface area contributed by atoms with Crippen molar-refractivity contribution in [1.82, 2.24) is 4.90 Å². The van der Waals surface area contributed by atoms with Crippen LogP contribution in [0.1, 0.15) is 67.9 Å². The molecule has 2 N–H and O–H groups in total. The van der Waals surface area contributed by atoms with E-state index in [1.807, 2.05) is 4.90 Å². The van der Waals surface area contributed by atoms with E-state index in [2.05, 4.69) is 48.7 Å². The lowest BCUT2D eigenvalue weighted by molar-refractivity contribution is -0.115. The molecule has 0 unspecified atom stereocenters. The molecule has 6 nitrogen and oxygen atoms in total. The molecule has 158 valence electrons. The van der Waals surface area contributed by atoms with Gasteiger partial charge in [0.1, 0.15) is 0 Å². The molecular formula is C24H29N3O3. The summed E-state index contributed by atoms with van der Waals surface area (Å²) in [6, 6.07) is 13.6. The Hall–Kier alpha value is -3.15. The van der Waals surface area contributed by atoms with Gasteiger partial charge in [0.25, 0.3) is 5.91 Å². The number of hydrogen-bond acceptors (Lipinski definition) is 3. The van der Waals surface area contributed by atoms with Gasteiger partial charge in [0.05, 0.1) is 0 Å². The van der Waals surface area contributed by atoms with Crippen LogP contribution in [0.25, 0.3) is 0 Å². The molecule has 30 heavy (non-hydrogen) atoms. The van der Waals surface area contributed by atoms with Crippen molar-refractivity contribution in [2.75, 3.05) is 10.6 Å². The van der Waals surface area contributed by atoms with Crippen molar-refractivity contribution < 1.29 is 14.4 Å². The van der Waals surface area contributed by atoms with Crippen LogP contribution < -0.4 is 10.6 Å². The molecule has 0 radical (unpaired) electrons. The minimum Gasteiger partial charge on any atom is -0.331 e. The van der Waals surface area contributed by atoms with Gasteiger partial charge in [0, 0.05) is 43.4 Å². The Balaban J connectivity index is 1.87. The van der Waals surface area contributed by atoms with Gasteiger partial charge < -0.3 is 15.5 Å². The van der Waals surface area contributed by atoms with Crippen molar-refractivity contribution in [3.63, 3.8) is 0 Å². The molecule has 2 aromatic carbocycles. The molecular weight excluding hydrogens is 378 g/mol. The summed E-state index contributed by atoms with van der Waals surface area (Å²) in [4.78, 5) is 38.3. The van der Waals surface area contributed by atoms with E-state index in [4.69, 9.17) is 0 Å². The van der Waals surface area contributed by atoms with Crippen LogP contribution in [0.2, 0.25) is 0 Å². The van der Waals surface area contributed by atoms with E-state index >= 15 is 0 Å². The van der Waals surface area contributed by atoms with Crippen LogP contribution in [0.4, 0.5) is 11.4 Å². The number of nitrogens with one attached hydrogen (secondary N) is 2. The predicted octanol–water partition coefficient (Wildman–Crippen LogP) is 4.53. The first kappa shape index (κ1) is 21.6. The summed E-state index contributed by atoms with van der Waals surface area (Å²) in [5, 5.41) is 5.41. The third kappa shape index (κ3) is 5.69. The maximum Gasteiger partial charge on any atom is 0.254 e. The Morgan fingerprint density at radius 2 is 1.47 bits per heavy atom. The maximum absolute atomic E-state index is 13.4. The summed E-state index contributed by atoms with van der Waals surface area (Å²) < 4.78 is 0. The smallest absolute Gasteiger partial charge is 0.254 e. The van der Waals surface area contributed by atoms with Crippen molar-refractivity contribution >= 4 is 29.1 Å². The summed E-state index contributed by atoms with van der Waals surface area (Å²) in [7, 11) is 0. The van der Waals surface area contributed by atoms with Gasteiger partial charge in [-0.25, -0.2) is 0 Å². The highest BCUT2D eigenvalue weighted by molar-refractivity contribution is 6.00. The second-order valence-electron chi connectivity index (χ2n) is 8.22. The van der Waals surface area contributed by atoms with Crippen molar-refractivity contribution in [2.45, 2.75) is 59.0 Å². The second-order valence-corrected chi connectivity index (χ2v) is 8.22. The zero-order chi connectivity index (χ0) is 21.8. The lowest BCUT2D eigenvalue weighted by atomic mass is 10.0. The topological polar surface area (TPSA) is 78.5 Å². The second kappa shape index (κ2) is 9.11. The molecule has 3 amide bonds. The molecule has 0 heterocycles. The van der Waals surface area contributed by atoms with E-state index in [1.165, 1.54) is 19.4 Å². The minimum absolute atomic E-state index is 0.107. The SMILES string of the molecule is CC(=O)Nc1cc(NC(C)=O)cc(C(=O)N(Cc2ccc(C(C)C)cc2)C2CC2)c1. The fourth-order valence-corrected chi connectivity index (χ4v) is 3.43. The number of amides is 3. The third-order valence-electron chi connectivity index (χ3n) is 5.07. The molecule has 3 rings (SSSR count). The summed E-state index contributed by atoms with van der Waals surface area (Å²) in [6.45, 7) is 7.66. The van der Waals surface area contributed by atoms with Gasteiger partial charge in [-0.15, -0.1) is 0 Å². The first-order chi connectivity index (χ1) is 14.2. The molecule has 0 saturated heterocycles. The van der Waals surface area contributed by atoms with E-state index < -0.39 is 0 Å². The molecule has 0 spiro atoms. The van der Waals surface area contributed by atoms with Crippen molar-refractivity contribution in [3.05, 3.63) is 59.2 Å². The standard InChI is InChI=1S/C24H29N3O3/c1-15(2)19-7-5-18(6-8-19)14-27(23-9-10-23)24(30)20-11-21(25-16(3)28)13-22(12-20)26-17(4)29/h5-8,11-13,15,23H,9-10,14H2,1-4H3,(H,25,28)(H,26,29). The number of nitrogens with zero attached hydrogens (tertiary/aromatic N) is 1. The van der Waals surface area contributed by atoms with Gasteiger partial charge in [0.2, 0.25) is 11.8 Å². The molecule has 0 atom stereocenters. The van der Waals surface area contributed by atoms with Gasteiger partial charge in [-0.05, 0) is 48.1 Å². The van der Waals surface area contributed by atoms with Crippen molar-refractivity contribution in [2.24, 2.45) is 0 Å². The number of hydrogen-bond donors (Lipinski definition) is 2. The fourth-order valence-electron chi connectivity index (χ4n) is 3.43. The number of carbonyl (C=O) groups excluding carboxylic acids is 3. The first-order valence-electron chi connectivity index (χ1n) is 10.3. The fraction of sp³-hybridized carbons (Fsp3) is 0.375. The van der Waals surface area contributed by atoms with Gasteiger partial charge in [-0.2, -0.15) is 0 Å². The number of anilines is 2. The van der Waals surface area contributed by atoms with Gasteiger partial charge in [-0.3, -0.25) is 14.4 Å². The van der Waals surface area contributed by atoms with Crippen LogP contribution >= 0.6 is 0 Å². The number of benzene rings is 2. The van der Waals surface area contributed by atoms with Crippen LogP contribution in [0, 0.1) is 0 Å². The molecule has 1 aliphatic rings. The zero-order valence-electron chi connectivity index (χ0n) is 18.0. The number of carbonyl (C=O) groups is 3.